The van der Waals surface area contributed by atoms with Gasteiger partial charge in [0, 0.05) is 12.4 Å². The van der Waals surface area contributed by atoms with E-state index in [2.05, 4.69) is 37.1 Å². The standard InChI is InChI=1S/C12H17N/c1-3-9-13-10-11(2)12-7-5-4-6-8-12/h4-5,7,9-10H,3,6,8H2,1-2H3/b11-10+,13-9?. The van der Waals surface area contributed by atoms with E-state index in [1.54, 1.807) is 0 Å². The molecule has 13 heavy (non-hydrogen) atoms. The number of aliphatic imine (C=N–C) groups is 1. The Bertz CT molecular complexity index is 267. The second kappa shape index (κ2) is 5.52. The Morgan fingerprint density at radius 2 is 2.46 bits per heavy atom. The summed E-state index contributed by atoms with van der Waals surface area (Å²) in [5, 5.41) is 0. The summed E-state index contributed by atoms with van der Waals surface area (Å²) in [5.41, 5.74) is 2.70. The predicted molar refractivity (Wildman–Crippen MR) is 59.0 cm³/mol. The molecule has 1 rings (SSSR count). The van der Waals surface area contributed by atoms with E-state index in [0.717, 1.165) is 19.3 Å². The Labute approximate surface area is 80.6 Å². The lowest BCUT2D eigenvalue weighted by atomic mass is 9.99. The molecule has 0 unspecified atom stereocenters. The molecule has 0 atom stereocenters. The molecule has 1 nitrogen and oxygen atoms in total. The molecule has 0 N–H and O–H groups in total. The number of nitrogens with zero attached hydrogens (tertiary/aromatic N) is 1. The topological polar surface area (TPSA) is 12.4 Å². The largest absolute Gasteiger partial charge is 0.269 e. The second-order valence-electron chi connectivity index (χ2n) is 3.21. The van der Waals surface area contributed by atoms with Crippen LogP contribution in [0.15, 0.2) is 40.6 Å². The summed E-state index contributed by atoms with van der Waals surface area (Å²) >= 11 is 0. The molecule has 0 radical (unpaired) electrons. The van der Waals surface area contributed by atoms with E-state index >= 15 is 0 Å². The van der Waals surface area contributed by atoms with Gasteiger partial charge in [0.1, 0.15) is 0 Å². The van der Waals surface area contributed by atoms with Crippen LogP contribution in [-0.4, -0.2) is 6.21 Å². The highest BCUT2D eigenvalue weighted by Crippen LogP contribution is 2.19. The third-order valence-electron chi connectivity index (χ3n) is 2.08. The first kappa shape index (κ1) is 9.97. The van der Waals surface area contributed by atoms with E-state index < -0.39 is 0 Å². The fraction of sp³-hybridized carbons (Fsp3) is 0.417. The van der Waals surface area contributed by atoms with Crippen molar-refractivity contribution in [2.45, 2.75) is 33.1 Å². The number of rotatable bonds is 3. The molecule has 0 aromatic heterocycles. The van der Waals surface area contributed by atoms with Crippen molar-refractivity contribution in [1.82, 2.24) is 0 Å². The van der Waals surface area contributed by atoms with Crippen molar-refractivity contribution < 1.29 is 0 Å². The molecule has 0 amide bonds. The number of hydrogen-bond donors (Lipinski definition) is 0. The maximum Gasteiger partial charge on any atom is 0.0295 e. The average molecular weight is 175 g/mol. The van der Waals surface area contributed by atoms with Gasteiger partial charge in [-0.1, -0.05) is 25.2 Å². The van der Waals surface area contributed by atoms with Crippen LogP contribution < -0.4 is 0 Å². The lowest BCUT2D eigenvalue weighted by Gasteiger charge is -2.07. The normalized spacial score (nSPS) is 18.0. The van der Waals surface area contributed by atoms with E-state index in [9.17, 15) is 0 Å². The molecule has 0 heterocycles. The van der Waals surface area contributed by atoms with E-state index in [0.29, 0.717) is 0 Å². The summed E-state index contributed by atoms with van der Waals surface area (Å²) in [6.07, 6.45) is 13.7. The van der Waals surface area contributed by atoms with Crippen molar-refractivity contribution in [2.24, 2.45) is 4.99 Å². The van der Waals surface area contributed by atoms with Crippen LogP contribution in [0.5, 0.6) is 0 Å². The Balaban J connectivity index is 2.60. The number of allylic oxidation sites excluding steroid dienone is 5. The molecular weight excluding hydrogens is 158 g/mol. The molecule has 0 aromatic carbocycles. The zero-order valence-electron chi connectivity index (χ0n) is 8.46. The zero-order chi connectivity index (χ0) is 9.52. The van der Waals surface area contributed by atoms with Gasteiger partial charge in [0.05, 0.1) is 0 Å². The van der Waals surface area contributed by atoms with Crippen LogP contribution in [0.2, 0.25) is 0 Å². The SMILES string of the molecule is CCC=N/C=C(\C)C1=CC=CCC1. The second-order valence-corrected chi connectivity index (χ2v) is 3.21. The highest BCUT2D eigenvalue weighted by molar-refractivity contribution is 5.57. The third-order valence-corrected chi connectivity index (χ3v) is 2.08. The van der Waals surface area contributed by atoms with Crippen LogP contribution >= 0.6 is 0 Å². The Kier molecular flexibility index (Phi) is 4.24. The lowest BCUT2D eigenvalue weighted by Crippen LogP contribution is -1.88. The van der Waals surface area contributed by atoms with Gasteiger partial charge in [-0.15, -0.1) is 0 Å². The zero-order valence-corrected chi connectivity index (χ0v) is 8.46. The van der Waals surface area contributed by atoms with E-state index in [1.807, 2.05) is 12.4 Å². The van der Waals surface area contributed by atoms with Crippen molar-refractivity contribution in [3.05, 3.63) is 35.6 Å². The summed E-state index contributed by atoms with van der Waals surface area (Å²) in [7, 11) is 0. The lowest BCUT2D eigenvalue weighted by molar-refractivity contribution is 0.966. The molecule has 0 spiro atoms. The van der Waals surface area contributed by atoms with Gasteiger partial charge < -0.3 is 0 Å². The minimum Gasteiger partial charge on any atom is -0.269 e. The molecule has 0 fully saturated rings. The molecule has 70 valence electrons. The summed E-state index contributed by atoms with van der Waals surface area (Å²) in [5.74, 6) is 0. The van der Waals surface area contributed by atoms with Crippen molar-refractivity contribution in [3.63, 3.8) is 0 Å². The van der Waals surface area contributed by atoms with Gasteiger partial charge in [-0.2, -0.15) is 0 Å². The summed E-state index contributed by atoms with van der Waals surface area (Å²) in [6, 6.07) is 0. The summed E-state index contributed by atoms with van der Waals surface area (Å²) < 4.78 is 0. The first-order valence-electron chi connectivity index (χ1n) is 4.89. The minimum absolute atomic E-state index is 1.00. The Morgan fingerprint density at radius 3 is 3.08 bits per heavy atom. The molecule has 1 heteroatoms. The molecular formula is C12H17N. The van der Waals surface area contributed by atoms with Gasteiger partial charge >= 0.3 is 0 Å². The van der Waals surface area contributed by atoms with Crippen molar-refractivity contribution in [2.75, 3.05) is 0 Å². The van der Waals surface area contributed by atoms with Crippen molar-refractivity contribution in [1.29, 1.82) is 0 Å². The molecule has 1 aliphatic carbocycles. The fourth-order valence-corrected chi connectivity index (χ4v) is 1.28. The monoisotopic (exact) mass is 175 g/mol. The average Bonchev–Trinajstić information content (AvgIpc) is 2.19. The molecule has 0 aromatic rings. The molecule has 1 aliphatic rings. The molecule has 0 aliphatic heterocycles. The molecule has 0 saturated carbocycles. The fourth-order valence-electron chi connectivity index (χ4n) is 1.28. The maximum atomic E-state index is 4.21. The van der Waals surface area contributed by atoms with Crippen molar-refractivity contribution in [3.8, 4) is 0 Å². The molecule has 0 bridgehead atoms. The first-order valence-corrected chi connectivity index (χ1v) is 4.89. The quantitative estimate of drug-likeness (QED) is 0.581. The van der Waals surface area contributed by atoms with E-state index in [4.69, 9.17) is 0 Å². The van der Waals surface area contributed by atoms with Crippen LogP contribution in [0.4, 0.5) is 0 Å². The van der Waals surface area contributed by atoms with Gasteiger partial charge in [-0.25, -0.2) is 0 Å². The van der Waals surface area contributed by atoms with Crippen LogP contribution in [0, 0.1) is 0 Å². The van der Waals surface area contributed by atoms with Crippen LogP contribution in [-0.2, 0) is 0 Å². The first-order chi connectivity index (χ1) is 6.34. The maximum absolute atomic E-state index is 4.21. The Morgan fingerprint density at radius 1 is 1.62 bits per heavy atom. The summed E-state index contributed by atoms with van der Waals surface area (Å²) in [6.45, 7) is 4.22. The highest BCUT2D eigenvalue weighted by atomic mass is 14.7. The summed E-state index contributed by atoms with van der Waals surface area (Å²) in [4.78, 5) is 4.21. The van der Waals surface area contributed by atoms with Crippen LogP contribution in [0.1, 0.15) is 33.1 Å². The number of hydrogen-bond acceptors (Lipinski definition) is 1. The van der Waals surface area contributed by atoms with E-state index in [1.165, 1.54) is 11.1 Å². The highest BCUT2D eigenvalue weighted by Gasteiger charge is 2.00. The van der Waals surface area contributed by atoms with Crippen LogP contribution in [0.25, 0.3) is 0 Å². The van der Waals surface area contributed by atoms with Crippen LogP contribution in [0.3, 0.4) is 0 Å². The molecule has 0 saturated heterocycles. The van der Waals surface area contributed by atoms with Gasteiger partial charge in [0.25, 0.3) is 0 Å². The third kappa shape index (κ3) is 3.41. The van der Waals surface area contributed by atoms with Gasteiger partial charge in [0.2, 0.25) is 0 Å². The van der Waals surface area contributed by atoms with Gasteiger partial charge in [-0.3, -0.25) is 4.99 Å². The predicted octanol–water partition coefficient (Wildman–Crippen LogP) is 3.65. The van der Waals surface area contributed by atoms with Gasteiger partial charge in [0.15, 0.2) is 0 Å². The minimum atomic E-state index is 1.00. The van der Waals surface area contributed by atoms with Gasteiger partial charge in [-0.05, 0) is 37.3 Å². The smallest absolute Gasteiger partial charge is 0.0295 e. The van der Waals surface area contributed by atoms with Crippen molar-refractivity contribution >= 4 is 6.21 Å². The Hall–Kier alpha value is -1.11. The van der Waals surface area contributed by atoms with E-state index in [-0.39, 0.29) is 0 Å².